The molecule has 1 spiro atoms. The molecule has 2 aliphatic rings. The van der Waals surface area contributed by atoms with E-state index < -0.39 is 17.3 Å². The number of carboxylic acids is 1. The van der Waals surface area contributed by atoms with Gasteiger partial charge in [-0.25, -0.2) is 14.0 Å². The van der Waals surface area contributed by atoms with Gasteiger partial charge in [0.1, 0.15) is 11.3 Å². The Bertz CT molecular complexity index is 973. The van der Waals surface area contributed by atoms with Crippen molar-refractivity contribution >= 4 is 29.3 Å². The van der Waals surface area contributed by atoms with E-state index in [1.807, 2.05) is 0 Å². The summed E-state index contributed by atoms with van der Waals surface area (Å²) in [7, 11) is 0. The number of nitrogens with one attached hydrogen (secondary N) is 2. The average molecular weight is 405 g/mol. The second-order valence-electron chi connectivity index (χ2n) is 7.04. The van der Waals surface area contributed by atoms with E-state index in [9.17, 15) is 19.1 Å². The minimum Gasteiger partial charge on any atom is -0.478 e. The number of hydrogen-bond donors (Lipinski definition) is 3. The molecule has 1 fully saturated rings. The van der Waals surface area contributed by atoms with Gasteiger partial charge in [-0.3, -0.25) is 0 Å². The molecule has 0 atom stereocenters. The molecular weight excluding hydrogens is 387 g/mol. The fourth-order valence-electron chi connectivity index (χ4n) is 4.09. The number of fused-ring (bicyclic) bond motifs is 2. The SMILES string of the molecule is O=C1Nc2c(Cl)ccc(Oc3c(F)cccc3C(=O)O)c2C2(CCCCC2)N1. The van der Waals surface area contributed by atoms with E-state index in [0.717, 1.165) is 25.3 Å². The molecule has 8 heteroatoms. The van der Waals surface area contributed by atoms with E-state index >= 15 is 0 Å². The summed E-state index contributed by atoms with van der Waals surface area (Å²) < 4.78 is 20.2. The quantitative estimate of drug-likeness (QED) is 0.650. The van der Waals surface area contributed by atoms with Gasteiger partial charge in [0.05, 0.1) is 16.2 Å². The lowest BCUT2D eigenvalue weighted by Gasteiger charge is -2.43. The van der Waals surface area contributed by atoms with Gasteiger partial charge in [-0.05, 0) is 37.1 Å². The maximum Gasteiger partial charge on any atom is 0.339 e. The Morgan fingerprint density at radius 2 is 1.93 bits per heavy atom. The second-order valence-corrected chi connectivity index (χ2v) is 7.45. The predicted octanol–water partition coefficient (Wildman–Crippen LogP) is 5.26. The number of carboxylic acid groups (broad SMARTS) is 1. The molecule has 6 nitrogen and oxygen atoms in total. The monoisotopic (exact) mass is 404 g/mol. The zero-order valence-electron chi connectivity index (χ0n) is 14.9. The number of para-hydroxylation sites is 1. The van der Waals surface area contributed by atoms with Gasteiger partial charge >= 0.3 is 12.0 Å². The van der Waals surface area contributed by atoms with Gasteiger partial charge in [0.2, 0.25) is 0 Å². The number of rotatable bonds is 3. The Morgan fingerprint density at radius 3 is 2.64 bits per heavy atom. The van der Waals surface area contributed by atoms with Crippen molar-refractivity contribution < 1.29 is 23.8 Å². The van der Waals surface area contributed by atoms with Crippen molar-refractivity contribution in [2.45, 2.75) is 37.6 Å². The average Bonchev–Trinajstić information content (AvgIpc) is 2.66. The summed E-state index contributed by atoms with van der Waals surface area (Å²) in [5.41, 5.74) is 0.0660. The molecule has 2 amide bonds. The number of carbonyl (C=O) groups excluding carboxylic acids is 1. The number of carbonyl (C=O) groups is 2. The Labute approximate surface area is 165 Å². The Balaban J connectivity index is 1.88. The number of benzene rings is 2. The topological polar surface area (TPSA) is 87.7 Å². The van der Waals surface area contributed by atoms with Crippen molar-refractivity contribution in [1.82, 2.24) is 5.32 Å². The molecular formula is C20H18ClFN2O4. The Kier molecular flexibility index (Phi) is 4.63. The van der Waals surface area contributed by atoms with E-state index in [2.05, 4.69) is 10.6 Å². The van der Waals surface area contributed by atoms with E-state index in [1.165, 1.54) is 12.1 Å². The van der Waals surface area contributed by atoms with Crippen LogP contribution in [0.25, 0.3) is 0 Å². The normalized spacial score (nSPS) is 17.4. The molecule has 0 unspecified atom stereocenters. The first kappa shape index (κ1) is 18.6. The zero-order chi connectivity index (χ0) is 19.9. The third kappa shape index (κ3) is 3.05. The number of urea groups is 1. The standard InChI is InChI=1S/C20H18ClFN2O4/c21-12-7-8-14(28-17-11(18(25)26)5-4-6-13(17)22)15-16(12)23-19(27)24-20(15)9-2-1-3-10-20/h4-8H,1-3,9-10H2,(H,25,26)(H2,23,24,27). The van der Waals surface area contributed by atoms with E-state index in [1.54, 1.807) is 12.1 Å². The van der Waals surface area contributed by atoms with Crippen LogP contribution in [0.15, 0.2) is 30.3 Å². The van der Waals surface area contributed by atoms with Crippen molar-refractivity contribution in [3.63, 3.8) is 0 Å². The molecule has 0 aromatic heterocycles. The highest BCUT2D eigenvalue weighted by molar-refractivity contribution is 6.34. The largest absolute Gasteiger partial charge is 0.478 e. The molecule has 1 heterocycles. The molecule has 146 valence electrons. The molecule has 3 N–H and O–H groups in total. The maximum atomic E-state index is 14.4. The van der Waals surface area contributed by atoms with Crippen LogP contribution in [0, 0.1) is 5.82 Å². The van der Waals surface area contributed by atoms with Gasteiger partial charge in [0.15, 0.2) is 11.6 Å². The number of amides is 2. The fraction of sp³-hybridized carbons (Fsp3) is 0.300. The summed E-state index contributed by atoms with van der Waals surface area (Å²) in [5, 5.41) is 15.4. The summed E-state index contributed by atoms with van der Waals surface area (Å²) in [5.74, 6) is -2.19. The predicted molar refractivity (Wildman–Crippen MR) is 102 cm³/mol. The summed E-state index contributed by atoms with van der Waals surface area (Å²) in [4.78, 5) is 23.8. The summed E-state index contributed by atoms with van der Waals surface area (Å²) in [6.45, 7) is 0. The van der Waals surface area contributed by atoms with Crippen molar-refractivity contribution in [3.05, 3.63) is 52.3 Å². The molecule has 2 aromatic rings. The van der Waals surface area contributed by atoms with Gasteiger partial charge < -0.3 is 20.5 Å². The summed E-state index contributed by atoms with van der Waals surface area (Å²) >= 11 is 6.33. The van der Waals surface area contributed by atoms with Crippen LogP contribution in [0.4, 0.5) is 14.9 Å². The van der Waals surface area contributed by atoms with Gasteiger partial charge in [-0.1, -0.05) is 36.9 Å². The van der Waals surface area contributed by atoms with Crippen LogP contribution in [0.3, 0.4) is 0 Å². The highest BCUT2D eigenvalue weighted by Gasteiger charge is 2.43. The second kappa shape index (κ2) is 6.98. The fourth-order valence-corrected chi connectivity index (χ4v) is 4.29. The zero-order valence-corrected chi connectivity index (χ0v) is 15.6. The van der Waals surface area contributed by atoms with Crippen molar-refractivity contribution in [2.24, 2.45) is 0 Å². The van der Waals surface area contributed by atoms with Crippen molar-refractivity contribution in [2.75, 3.05) is 5.32 Å². The first-order valence-electron chi connectivity index (χ1n) is 9.03. The molecule has 0 radical (unpaired) electrons. The third-order valence-corrected chi connectivity index (χ3v) is 5.62. The van der Waals surface area contributed by atoms with Crippen LogP contribution in [-0.2, 0) is 5.54 Å². The lowest BCUT2D eigenvalue weighted by atomic mass is 9.74. The minimum absolute atomic E-state index is 0.265. The van der Waals surface area contributed by atoms with E-state index in [0.29, 0.717) is 29.1 Å². The first-order valence-corrected chi connectivity index (χ1v) is 9.41. The highest BCUT2D eigenvalue weighted by atomic mass is 35.5. The first-order chi connectivity index (χ1) is 13.4. The summed E-state index contributed by atoms with van der Waals surface area (Å²) in [6.07, 6.45) is 4.24. The van der Waals surface area contributed by atoms with Crippen LogP contribution in [0.1, 0.15) is 48.0 Å². The maximum absolute atomic E-state index is 14.4. The Morgan fingerprint density at radius 1 is 1.18 bits per heavy atom. The molecule has 1 aliphatic heterocycles. The van der Waals surface area contributed by atoms with Gasteiger partial charge in [0.25, 0.3) is 0 Å². The number of ether oxygens (including phenoxy) is 1. The van der Waals surface area contributed by atoms with Crippen LogP contribution >= 0.6 is 11.6 Å². The molecule has 1 aliphatic carbocycles. The molecule has 0 saturated heterocycles. The van der Waals surface area contributed by atoms with Gasteiger partial charge in [-0.2, -0.15) is 0 Å². The Hall–Kier alpha value is -2.80. The lowest BCUT2D eigenvalue weighted by Crippen LogP contribution is -2.52. The van der Waals surface area contributed by atoms with Crippen LogP contribution in [-0.4, -0.2) is 17.1 Å². The van der Waals surface area contributed by atoms with E-state index in [4.69, 9.17) is 16.3 Å². The van der Waals surface area contributed by atoms with Crippen LogP contribution < -0.4 is 15.4 Å². The van der Waals surface area contributed by atoms with Crippen molar-refractivity contribution in [3.8, 4) is 11.5 Å². The number of anilines is 1. The molecule has 4 rings (SSSR count). The molecule has 28 heavy (non-hydrogen) atoms. The molecule has 2 aromatic carbocycles. The van der Waals surface area contributed by atoms with E-state index in [-0.39, 0.29) is 23.1 Å². The van der Waals surface area contributed by atoms with Crippen molar-refractivity contribution in [1.29, 1.82) is 0 Å². The highest BCUT2D eigenvalue weighted by Crippen LogP contribution is 2.50. The molecule has 0 bridgehead atoms. The van der Waals surface area contributed by atoms with Crippen LogP contribution in [0.2, 0.25) is 5.02 Å². The smallest absolute Gasteiger partial charge is 0.339 e. The third-order valence-electron chi connectivity index (χ3n) is 5.30. The van der Waals surface area contributed by atoms with Crippen LogP contribution in [0.5, 0.6) is 11.5 Å². The van der Waals surface area contributed by atoms with Gasteiger partial charge in [-0.15, -0.1) is 0 Å². The number of halogens is 2. The molecule has 1 saturated carbocycles. The minimum atomic E-state index is -1.30. The summed E-state index contributed by atoms with van der Waals surface area (Å²) in [6, 6.07) is 6.49. The van der Waals surface area contributed by atoms with Gasteiger partial charge in [0, 0.05) is 5.56 Å². The number of aromatic carboxylic acids is 1. The number of hydrogen-bond acceptors (Lipinski definition) is 3. The lowest BCUT2D eigenvalue weighted by molar-refractivity contribution is 0.0693.